The molecule has 7 heteroatoms. The highest BCUT2D eigenvalue weighted by atomic mass is 15.3. The van der Waals surface area contributed by atoms with Gasteiger partial charge in [0.15, 0.2) is 5.65 Å². The number of nitrogen functional groups attached to an aromatic ring is 1. The van der Waals surface area contributed by atoms with Gasteiger partial charge in [-0.3, -0.25) is 10.5 Å². The Hall–Kier alpha value is -1.89. The number of piperidine rings is 1. The van der Waals surface area contributed by atoms with Crippen molar-refractivity contribution in [3.05, 3.63) is 6.20 Å². The Morgan fingerprint density at radius 1 is 1.42 bits per heavy atom. The predicted molar refractivity (Wildman–Crippen MR) is 74.7 cm³/mol. The second kappa shape index (κ2) is 4.65. The Balaban J connectivity index is 2.09. The van der Waals surface area contributed by atoms with Crippen LogP contribution in [0.5, 0.6) is 0 Å². The normalized spacial score (nSPS) is 23.8. The Bertz CT molecular complexity index is 578. The molecule has 4 N–H and O–H groups in total. The average molecular weight is 261 g/mol. The molecule has 1 aliphatic heterocycles. The first-order chi connectivity index (χ1) is 9.20. The second-order valence-electron chi connectivity index (χ2n) is 5.20. The minimum absolute atomic E-state index is 0.414. The van der Waals surface area contributed by atoms with Crippen LogP contribution < -0.4 is 16.2 Å². The van der Waals surface area contributed by atoms with E-state index in [9.17, 15) is 0 Å². The molecular weight excluding hydrogens is 242 g/mol. The number of aromatic nitrogens is 4. The van der Waals surface area contributed by atoms with Crippen LogP contribution in [0.1, 0.15) is 26.7 Å². The number of hydrogen-bond donors (Lipinski definition) is 3. The van der Waals surface area contributed by atoms with Crippen molar-refractivity contribution in [2.45, 2.75) is 32.7 Å². The molecule has 2 atom stereocenters. The van der Waals surface area contributed by atoms with Crippen LogP contribution in [0.15, 0.2) is 6.20 Å². The van der Waals surface area contributed by atoms with E-state index >= 15 is 0 Å². The monoisotopic (exact) mass is 261 g/mol. The van der Waals surface area contributed by atoms with Crippen LogP contribution in [0.2, 0.25) is 0 Å². The van der Waals surface area contributed by atoms with Crippen molar-refractivity contribution in [3.8, 4) is 0 Å². The van der Waals surface area contributed by atoms with Crippen LogP contribution >= 0.6 is 0 Å². The lowest BCUT2D eigenvalue weighted by Gasteiger charge is -2.39. The summed E-state index contributed by atoms with van der Waals surface area (Å²) in [5, 5.41) is 7.87. The quantitative estimate of drug-likeness (QED) is 0.556. The first-order valence-corrected chi connectivity index (χ1v) is 6.65. The molecule has 0 spiro atoms. The lowest BCUT2D eigenvalue weighted by Crippen LogP contribution is -2.43. The highest BCUT2D eigenvalue weighted by Gasteiger charge is 2.27. The number of aromatic amines is 1. The van der Waals surface area contributed by atoms with Gasteiger partial charge in [-0.2, -0.15) is 15.1 Å². The van der Waals surface area contributed by atoms with E-state index in [2.05, 4.69) is 44.3 Å². The molecule has 2 aromatic heterocycles. The molecule has 102 valence electrons. The topological polar surface area (TPSA) is 95.8 Å². The van der Waals surface area contributed by atoms with Gasteiger partial charge in [0.2, 0.25) is 5.95 Å². The van der Waals surface area contributed by atoms with E-state index in [-0.39, 0.29) is 0 Å². The molecule has 0 saturated carbocycles. The zero-order valence-electron chi connectivity index (χ0n) is 11.2. The number of hydrazine groups is 1. The summed E-state index contributed by atoms with van der Waals surface area (Å²) in [6, 6.07) is 0.451. The van der Waals surface area contributed by atoms with Crippen LogP contribution in [0.25, 0.3) is 11.0 Å². The van der Waals surface area contributed by atoms with Crippen LogP contribution in [-0.4, -0.2) is 32.8 Å². The molecule has 7 nitrogen and oxygen atoms in total. The summed E-state index contributed by atoms with van der Waals surface area (Å²) in [6.07, 6.45) is 4.22. The summed E-state index contributed by atoms with van der Waals surface area (Å²) >= 11 is 0. The molecule has 3 rings (SSSR count). The van der Waals surface area contributed by atoms with Crippen LogP contribution in [0.4, 0.5) is 11.8 Å². The van der Waals surface area contributed by atoms with Gasteiger partial charge in [0.25, 0.3) is 0 Å². The van der Waals surface area contributed by atoms with Crippen LogP contribution in [-0.2, 0) is 0 Å². The van der Waals surface area contributed by atoms with Gasteiger partial charge < -0.3 is 4.90 Å². The fraction of sp³-hybridized carbons (Fsp3) is 0.583. The van der Waals surface area contributed by atoms with E-state index in [0.29, 0.717) is 23.6 Å². The molecule has 0 bridgehead atoms. The van der Waals surface area contributed by atoms with E-state index < -0.39 is 0 Å². The van der Waals surface area contributed by atoms with Gasteiger partial charge in [0, 0.05) is 12.6 Å². The molecule has 2 aromatic rings. The van der Waals surface area contributed by atoms with Crippen molar-refractivity contribution >= 4 is 22.8 Å². The third-order valence-electron chi connectivity index (χ3n) is 4.06. The number of nitrogens with one attached hydrogen (secondary N) is 2. The lowest BCUT2D eigenvalue weighted by molar-refractivity contribution is 0.362. The molecule has 1 aliphatic rings. The second-order valence-corrected chi connectivity index (χ2v) is 5.20. The van der Waals surface area contributed by atoms with Crippen molar-refractivity contribution in [2.24, 2.45) is 11.8 Å². The molecular formula is C12H19N7. The van der Waals surface area contributed by atoms with Crippen LogP contribution in [0.3, 0.4) is 0 Å². The number of rotatable bonds is 2. The van der Waals surface area contributed by atoms with Crippen molar-refractivity contribution in [2.75, 3.05) is 16.9 Å². The van der Waals surface area contributed by atoms with Gasteiger partial charge in [0.05, 0.1) is 11.6 Å². The molecule has 19 heavy (non-hydrogen) atoms. The lowest BCUT2D eigenvalue weighted by atomic mass is 9.92. The molecule has 0 amide bonds. The third-order valence-corrected chi connectivity index (χ3v) is 4.06. The number of H-pyrrole nitrogens is 1. The summed E-state index contributed by atoms with van der Waals surface area (Å²) in [5.74, 6) is 7.42. The number of hydrogen-bond acceptors (Lipinski definition) is 6. The van der Waals surface area contributed by atoms with E-state index in [1.807, 2.05) is 0 Å². The molecule has 0 aromatic carbocycles. The number of fused-ring (bicyclic) bond motifs is 1. The van der Waals surface area contributed by atoms with Gasteiger partial charge in [-0.1, -0.05) is 6.92 Å². The molecule has 1 saturated heterocycles. The molecule has 0 aliphatic carbocycles. The van der Waals surface area contributed by atoms with Crippen molar-refractivity contribution in [1.82, 2.24) is 20.2 Å². The zero-order chi connectivity index (χ0) is 13.4. The molecule has 2 unspecified atom stereocenters. The Morgan fingerprint density at radius 3 is 3.05 bits per heavy atom. The highest BCUT2D eigenvalue weighted by molar-refractivity contribution is 5.87. The van der Waals surface area contributed by atoms with Crippen molar-refractivity contribution < 1.29 is 0 Å². The van der Waals surface area contributed by atoms with Crippen molar-refractivity contribution in [3.63, 3.8) is 0 Å². The number of nitrogens with zero attached hydrogens (tertiary/aromatic N) is 4. The van der Waals surface area contributed by atoms with Gasteiger partial charge >= 0.3 is 0 Å². The molecule has 0 radical (unpaired) electrons. The molecule has 1 fully saturated rings. The Kier molecular flexibility index (Phi) is 2.98. The highest BCUT2D eigenvalue weighted by Crippen LogP contribution is 2.31. The minimum Gasteiger partial charge on any atom is -0.353 e. The largest absolute Gasteiger partial charge is 0.353 e. The maximum Gasteiger partial charge on any atom is 0.241 e. The SMILES string of the molecule is CC1CCCN(c2nc(NN)nc3[nH]ncc23)C1C. The number of anilines is 2. The maximum absolute atomic E-state index is 5.44. The fourth-order valence-corrected chi connectivity index (χ4v) is 2.74. The van der Waals surface area contributed by atoms with Gasteiger partial charge in [0.1, 0.15) is 5.82 Å². The average Bonchev–Trinajstić information content (AvgIpc) is 2.89. The van der Waals surface area contributed by atoms with Gasteiger partial charge in [-0.25, -0.2) is 5.84 Å². The smallest absolute Gasteiger partial charge is 0.241 e. The van der Waals surface area contributed by atoms with E-state index in [0.717, 1.165) is 17.7 Å². The Morgan fingerprint density at radius 2 is 2.26 bits per heavy atom. The summed E-state index contributed by atoms with van der Waals surface area (Å²) < 4.78 is 0. The number of nitrogens with two attached hydrogens (primary N) is 1. The maximum atomic E-state index is 5.44. The van der Waals surface area contributed by atoms with E-state index in [1.165, 1.54) is 12.8 Å². The van der Waals surface area contributed by atoms with E-state index in [4.69, 9.17) is 5.84 Å². The fourth-order valence-electron chi connectivity index (χ4n) is 2.74. The Labute approximate surface area is 111 Å². The third kappa shape index (κ3) is 1.99. The van der Waals surface area contributed by atoms with E-state index in [1.54, 1.807) is 6.20 Å². The summed E-state index contributed by atoms with van der Waals surface area (Å²) in [7, 11) is 0. The van der Waals surface area contributed by atoms with Gasteiger partial charge in [-0.15, -0.1) is 0 Å². The van der Waals surface area contributed by atoms with Crippen LogP contribution in [0, 0.1) is 5.92 Å². The first-order valence-electron chi connectivity index (χ1n) is 6.65. The zero-order valence-corrected chi connectivity index (χ0v) is 11.2. The summed E-state index contributed by atoms with van der Waals surface area (Å²) in [6.45, 7) is 5.53. The van der Waals surface area contributed by atoms with Gasteiger partial charge in [-0.05, 0) is 25.7 Å². The standard InChI is InChI=1S/C12H19N7/c1-7-4-3-5-19(8(7)2)11-9-6-14-18-10(9)15-12(16-11)17-13/h6-8H,3-5,13H2,1-2H3,(H2,14,15,16,17,18). The summed E-state index contributed by atoms with van der Waals surface area (Å²) in [4.78, 5) is 11.1. The molecule has 3 heterocycles. The first kappa shape index (κ1) is 12.2. The predicted octanol–water partition coefficient (Wildman–Crippen LogP) is 1.26. The minimum atomic E-state index is 0.414. The summed E-state index contributed by atoms with van der Waals surface area (Å²) in [5.41, 5.74) is 3.23. The van der Waals surface area contributed by atoms with Crippen molar-refractivity contribution in [1.29, 1.82) is 0 Å².